The van der Waals surface area contributed by atoms with Gasteiger partial charge in [0.15, 0.2) is 0 Å². The van der Waals surface area contributed by atoms with Crippen molar-refractivity contribution in [2.24, 2.45) is 5.92 Å². The van der Waals surface area contributed by atoms with Crippen molar-refractivity contribution in [3.05, 3.63) is 59.4 Å². The van der Waals surface area contributed by atoms with Gasteiger partial charge in [-0.3, -0.25) is 9.59 Å². The Balaban J connectivity index is 1.46. The van der Waals surface area contributed by atoms with Gasteiger partial charge in [0.25, 0.3) is 5.91 Å². The number of fused-ring (bicyclic) bond motifs is 1. The molecule has 0 bridgehead atoms. The maximum atomic E-state index is 12.9. The average molecular weight is 436 g/mol. The topological polar surface area (TPSA) is 71.5 Å². The standard InChI is InChI=1S/C26H33N3O3/c1-18(2)17-27-24(30)15-20-16-26(32-23-10-5-4-8-21(20)23)11-13-29(14-12-26)25(31)22-9-6-7-19(3)28-22/h4-10,18,20H,11-17H2,1-3H3,(H,27,30). The highest BCUT2D eigenvalue weighted by Gasteiger charge is 2.44. The number of ether oxygens (including phenoxy) is 1. The molecule has 1 aromatic heterocycles. The van der Waals surface area contributed by atoms with Gasteiger partial charge < -0.3 is 15.0 Å². The summed E-state index contributed by atoms with van der Waals surface area (Å²) in [4.78, 5) is 31.8. The molecule has 0 aliphatic carbocycles. The predicted molar refractivity (Wildman–Crippen MR) is 124 cm³/mol. The molecule has 1 aromatic carbocycles. The van der Waals surface area contributed by atoms with E-state index in [0.717, 1.165) is 36.3 Å². The lowest BCUT2D eigenvalue weighted by atomic mass is 9.76. The number of carbonyl (C=O) groups is 2. The summed E-state index contributed by atoms with van der Waals surface area (Å²) in [6.07, 6.45) is 2.76. The number of carbonyl (C=O) groups excluding carboxylic acids is 2. The number of amides is 2. The van der Waals surface area contributed by atoms with Crippen LogP contribution >= 0.6 is 0 Å². The molecular weight excluding hydrogens is 402 g/mol. The second kappa shape index (κ2) is 9.31. The van der Waals surface area contributed by atoms with Crippen LogP contribution in [0.4, 0.5) is 0 Å². The number of pyridine rings is 1. The van der Waals surface area contributed by atoms with Crippen molar-refractivity contribution < 1.29 is 14.3 Å². The van der Waals surface area contributed by atoms with Gasteiger partial charge in [0.05, 0.1) is 0 Å². The first-order chi connectivity index (χ1) is 15.3. The number of hydrogen-bond donors (Lipinski definition) is 1. The van der Waals surface area contributed by atoms with Crippen molar-refractivity contribution in [1.29, 1.82) is 0 Å². The molecule has 2 aliphatic heterocycles. The monoisotopic (exact) mass is 435 g/mol. The molecule has 0 radical (unpaired) electrons. The number of para-hydroxylation sites is 1. The summed E-state index contributed by atoms with van der Waals surface area (Å²) in [5.41, 5.74) is 2.11. The second-order valence-electron chi connectivity index (χ2n) is 9.58. The number of hydrogen-bond acceptors (Lipinski definition) is 4. The molecule has 170 valence electrons. The summed E-state index contributed by atoms with van der Waals surface area (Å²) in [5, 5.41) is 3.06. The second-order valence-corrected chi connectivity index (χ2v) is 9.58. The van der Waals surface area contributed by atoms with E-state index in [9.17, 15) is 9.59 Å². The van der Waals surface area contributed by atoms with Gasteiger partial charge in [-0.1, -0.05) is 38.1 Å². The lowest BCUT2D eigenvalue weighted by molar-refractivity contribution is -0.122. The van der Waals surface area contributed by atoms with Crippen molar-refractivity contribution in [2.45, 2.75) is 58.0 Å². The lowest BCUT2D eigenvalue weighted by Gasteiger charge is -2.46. The molecule has 1 spiro atoms. The van der Waals surface area contributed by atoms with E-state index < -0.39 is 0 Å². The summed E-state index contributed by atoms with van der Waals surface area (Å²) in [6, 6.07) is 13.6. The highest BCUT2D eigenvalue weighted by molar-refractivity contribution is 5.92. The molecule has 2 aromatic rings. The van der Waals surface area contributed by atoms with E-state index in [-0.39, 0.29) is 23.3 Å². The molecule has 0 saturated carbocycles. The summed E-state index contributed by atoms with van der Waals surface area (Å²) >= 11 is 0. The Bertz CT molecular complexity index is 980. The number of nitrogens with one attached hydrogen (secondary N) is 1. The van der Waals surface area contributed by atoms with Gasteiger partial charge in [-0.05, 0) is 43.0 Å². The Morgan fingerprint density at radius 3 is 2.62 bits per heavy atom. The highest BCUT2D eigenvalue weighted by Crippen LogP contribution is 2.46. The van der Waals surface area contributed by atoms with Crippen LogP contribution in [-0.2, 0) is 4.79 Å². The zero-order valence-electron chi connectivity index (χ0n) is 19.3. The fourth-order valence-electron chi connectivity index (χ4n) is 4.79. The van der Waals surface area contributed by atoms with E-state index in [1.807, 2.05) is 42.2 Å². The van der Waals surface area contributed by atoms with Gasteiger partial charge in [-0.15, -0.1) is 0 Å². The van der Waals surface area contributed by atoms with E-state index in [1.165, 1.54) is 0 Å². The SMILES string of the molecule is Cc1cccc(C(=O)N2CCC3(CC2)CC(CC(=O)NCC(C)C)c2ccccc2O3)n1. The Morgan fingerprint density at radius 1 is 1.16 bits per heavy atom. The summed E-state index contributed by atoms with van der Waals surface area (Å²) in [6.45, 7) is 8.04. The largest absolute Gasteiger partial charge is 0.487 e. The number of rotatable bonds is 5. The number of likely N-dealkylation sites (tertiary alicyclic amines) is 1. The Morgan fingerprint density at radius 2 is 1.91 bits per heavy atom. The maximum absolute atomic E-state index is 12.9. The van der Waals surface area contributed by atoms with E-state index in [2.05, 4.69) is 30.2 Å². The summed E-state index contributed by atoms with van der Waals surface area (Å²) in [7, 11) is 0. The van der Waals surface area contributed by atoms with Crippen LogP contribution in [0.1, 0.15) is 67.2 Å². The van der Waals surface area contributed by atoms with Crippen molar-refractivity contribution in [2.75, 3.05) is 19.6 Å². The third kappa shape index (κ3) is 4.95. The number of aryl methyl sites for hydroxylation is 1. The minimum atomic E-state index is -0.339. The van der Waals surface area contributed by atoms with Crippen molar-refractivity contribution in [1.82, 2.24) is 15.2 Å². The zero-order chi connectivity index (χ0) is 22.7. The van der Waals surface area contributed by atoms with Gasteiger partial charge in [-0.25, -0.2) is 4.98 Å². The van der Waals surface area contributed by atoms with Crippen LogP contribution in [0.3, 0.4) is 0 Å². The van der Waals surface area contributed by atoms with Gasteiger partial charge in [-0.2, -0.15) is 0 Å². The van der Waals surface area contributed by atoms with Gasteiger partial charge >= 0.3 is 0 Å². The van der Waals surface area contributed by atoms with Gasteiger partial charge in [0, 0.05) is 50.5 Å². The van der Waals surface area contributed by atoms with E-state index in [4.69, 9.17) is 4.74 Å². The molecule has 3 heterocycles. The van der Waals surface area contributed by atoms with Crippen molar-refractivity contribution in [3.63, 3.8) is 0 Å². The quantitative estimate of drug-likeness (QED) is 0.768. The molecule has 32 heavy (non-hydrogen) atoms. The van der Waals surface area contributed by atoms with Crippen LogP contribution in [0, 0.1) is 12.8 Å². The highest BCUT2D eigenvalue weighted by atomic mass is 16.5. The fourth-order valence-corrected chi connectivity index (χ4v) is 4.79. The summed E-state index contributed by atoms with van der Waals surface area (Å²) in [5.74, 6) is 1.49. The van der Waals surface area contributed by atoms with Gasteiger partial charge in [0.1, 0.15) is 17.0 Å². The molecule has 1 fully saturated rings. The van der Waals surface area contributed by atoms with Crippen LogP contribution < -0.4 is 10.1 Å². The zero-order valence-corrected chi connectivity index (χ0v) is 19.3. The third-order valence-corrected chi connectivity index (χ3v) is 6.51. The molecule has 6 nitrogen and oxygen atoms in total. The van der Waals surface area contributed by atoms with E-state index in [0.29, 0.717) is 37.7 Å². The van der Waals surface area contributed by atoms with Crippen molar-refractivity contribution >= 4 is 11.8 Å². The average Bonchev–Trinajstić information content (AvgIpc) is 2.78. The number of benzene rings is 1. The van der Waals surface area contributed by atoms with Crippen LogP contribution in [0.5, 0.6) is 5.75 Å². The Kier molecular flexibility index (Phi) is 6.49. The van der Waals surface area contributed by atoms with E-state index in [1.54, 1.807) is 6.07 Å². The van der Waals surface area contributed by atoms with Crippen molar-refractivity contribution in [3.8, 4) is 5.75 Å². The molecule has 1 atom stereocenters. The molecule has 1 saturated heterocycles. The first-order valence-electron chi connectivity index (χ1n) is 11.6. The first kappa shape index (κ1) is 22.3. The normalized spacial score (nSPS) is 19.4. The molecular formula is C26H33N3O3. The smallest absolute Gasteiger partial charge is 0.272 e. The molecule has 2 amide bonds. The lowest BCUT2D eigenvalue weighted by Crippen LogP contribution is -2.52. The summed E-state index contributed by atoms with van der Waals surface area (Å²) < 4.78 is 6.54. The maximum Gasteiger partial charge on any atom is 0.272 e. The van der Waals surface area contributed by atoms with E-state index >= 15 is 0 Å². The molecule has 6 heteroatoms. The van der Waals surface area contributed by atoms with Crippen LogP contribution in [0.2, 0.25) is 0 Å². The minimum absolute atomic E-state index is 0.0237. The van der Waals surface area contributed by atoms with Crippen LogP contribution in [0.25, 0.3) is 0 Å². The molecule has 2 aliphatic rings. The molecule has 4 rings (SSSR count). The molecule has 1 N–H and O–H groups in total. The fraction of sp³-hybridized carbons (Fsp3) is 0.500. The van der Waals surface area contributed by atoms with Gasteiger partial charge in [0.2, 0.25) is 5.91 Å². The number of aromatic nitrogens is 1. The van der Waals surface area contributed by atoms with Crippen LogP contribution in [-0.4, -0.2) is 46.9 Å². The third-order valence-electron chi connectivity index (χ3n) is 6.51. The van der Waals surface area contributed by atoms with Crippen LogP contribution in [0.15, 0.2) is 42.5 Å². The predicted octanol–water partition coefficient (Wildman–Crippen LogP) is 4.09. The Hall–Kier alpha value is -2.89. The molecule has 1 unspecified atom stereocenters. The first-order valence-corrected chi connectivity index (χ1v) is 11.6. The Labute approximate surface area is 190 Å². The number of nitrogens with zero attached hydrogens (tertiary/aromatic N) is 2. The minimum Gasteiger partial charge on any atom is -0.487 e. The number of piperidine rings is 1.